The van der Waals surface area contributed by atoms with Crippen LogP contribution in [0.3, 0.4) is 0 Å². The molecule has 7 heavy (non-hydrogen) atoms. The summed E-state index contributed by atoms with van der Waals surface area (Å²) in [5.74, 6) is 0.820. The zero-order valence-electron chi connectivity index (χ0n) is 4.82. The summed E-state index contributed by atoms with van der Waals surface area (Å²) in [6.45, 7) is 7.53. The van der Waals surface area contributed by atoms with Gasteiger partial charge < -0.3 is 4.43 Å². The molecule has 0 rings (SSSR count). The Kier molecular flexibility index (Phi) is 3.79. The minimum atomic E-state index is 0.596. The summed E-state index contributed by atoms with van der Waals surface area (Å²) in [6, 6.07) is 1.09. The Labute approximate surface area is 47.3 Å². The maximum absolute atomic E-state index is 5.02. The van der Waals surface area contributed by atoms with E-state index in [1.165, 1.54) is 0 Å². The molecule has 0 saturated carbocycles. The summed E-state index contributed by atoms with van der Waals surface area (Å²) in [6.07, 6.45) is 0. The van der Waals surface area contributed by atoms with Crippen LogP contribution >= 0.6 is 0 Å². The van der Waals surface area contributed by atoms with E-state index in [1.54, 1.807) is 0 Å². The molecule has 0 atom stereocenters. The molecule has 0 aliphatic carbocycles. The molecule has 1 nitrogen and oxygen atoms in total. The van der Waals surface area contributed by atoms with Gasteiger partial charge >= 0.3 is 9.76 Å². The van der Waals surface area contributed by atoms with E-state index in [1.807, 2.05) is 6.92 Å². The van der Waals surface area contributed by atoms with Crippen molar-refractivity contribution in [3.05, 3.63) is 12.3 Å². The molecule has 0 spiro atoms. The lowest BCUT2D eigenvalue weighted by atomic mass is 10.7. The van der Waals surface area contributed by atoms with Crippen molar-refractivity contribution in [3.63, 3.8) is 0 Å². The van der Waals surface area contributed by atoms with Crippen LogP contribution in [0.1, 0.15) is 13.8 Å². The van der Waals surface area contributed by atoms with Gasteiger partial charge in [0.25, 0.3) is 0 Å². The van der Waals surface area contributed by atoms with Crippen LogP contribution in [-0.4, -0.2) is 9.76 Å². The van der Waals surface area contributed by atoms with Crippen LogP contribution in [-0.2, 0) is 4.43 Å². The summed E-state index contributed by atoms with van der Waals surface area (Å²) >= 11 is 0. The number of rotatable bonds is 3. The standard InChI is InChI=1S/C5H10OSi/c1-4-7-6-5(2)3/h2,4H2,1,3H3. The summed E-state index contributed by atoms with van der Waals surface area (Å²) in [4.78, 5) is 0. The Morgan fingerprint density at radius 3 is 2.57 bits per heavy atom. The van der Waals surface area contributed by atoms with Crippen LogP contribution in [0.25, 0.3) is 0 Å². The molecule has 0 heterocycles. The molecule has 0 amide bonds. The number of allylic oxidation sites excluding steroid dienone is 1. The van der Waals surface area contributed by atoms with Crippen molar-refractivity contribution in [1.82, 2.24) is 0 Å². The second-order valence-electron chi connectivity index (χ2n) is 1.30. The van der Waals surface area contributed by atoms with Gasteiger partial charge in [-0.3, -0.25) is 0 Å². The smallest absolute Gasteiger partial charge is 0.309 e. The zero-order chi connectivity index (χ0) is 5.70. The van der Waals surface area contributed by atoms with Crippen LogP contribution in [0, 0.1) is 0 Å². The number of hydrogen-bond acceptors (Lipinski definition) is 1. The fourth-order valence-electron chi connectivity index (χ4n) is 0.195. The van der Waals surface area contributed by atoms with E-state index >= 15 is 0 Å². The Balaban J connectivity index is 2.82. The van der Waals surface area contributed by atoms with Crippen LogP contribution in [0.4, 0.5) is 0 Å². The molecular weight excluding hydrogens is 104 g/mol. The van der Waals surface area contributed by atoms with Gasteiger partial charge in [-0.25, -0.2) is 0 Å². The molecule has 0 aromatic rings. The van der Waals surface area contributed by atoms with E-state index in [4.69, 9.17) is 4.43 Å². The fourth-order valence-corrected chi connectivity index (χ4v) is 0.586. The molecule has 0 aromatic carbocycles. The highest BCUT2D eigenvalue weighted by molar-refractivity contribution is 6.27. The van der Waals surface area contributed by atoms with Crippen molar-refractivity contribution in [1.29, 1.82) is 0 Å². The van der Waals surface area contributed by atoms with Gasteiger partial charge in [0.1, 0.15) is 0 Å². The van der Waals surface area contributed by atoms with E-state index in [2.05, 4.69) is 13.5 Å². The van der Waals surface area contributed by atoms with Gasteiger partial charge in [0.15, 0.2) is 0 Å². The first-order valence-corrected chi connectivity index (χ1v) is 3.44. The van der Waals surface area contributed by atoms with E-state index < -0.39 is 0 Å². The highest BCUT2D eigenvalue weighted by Crippen LogP contribution is 1.87. The average Bonchev–Trinajstić information content (AvgIpc) is 1.61. The van der Waals surface area contributed by atoms with Crippen molar-refractivity contribution < 1.29 is 4.43 Å². The minimum absolute atomic E-state index is 0.596. The largest absolute Gasteiger partial charge is 0.545 e. The third kappa shape index (κ3) is 5.76. The first-order valence-electron chi connectivity index (χ1n) is 2.32. The van der Waals surface area contributed by atoms with Gasteiger partial charge in [0.2, 0.25) is 0 Å². The van der Waals surface area contributed by atoms with Gasteiger partial charge in [0, 0.05) is 0 Å². The second-order valence-corrected chi connectivity index (χ2v) is 2.50. The Bertz CT molecular complexity index is 61.1. The molecule has 0 N–H and O–H groups in total. The lowest BCUT2D eigenvalue weighted by Crippen LogP contribution is -1.91. The summed E-state index contributed by atoms with van der Waals surface area (Å²) in [5.41, 5.74) is 0. The number of hydrogen-bond donors (Lipinski definition) is 0. The first kappa shape index (κ1) is 6.76. The van der Waals surface area contributed by atoms with Crippen molar-refractivity contribution in [2.45, 2.75) is 19.9 Å². The SMILES string of the molecule is C=C(C)O[Si]CC. The van der Waals surface area contributed by atoms with E-state index in [0.717, 1.165) is 11.8 Å². The maximum Gasteiger partial charge on any atom is 0.309 e. The normalized spacial score (nSPS) is 8.29. The molecule has 2 heteroatoms. The highest BCUT2D eigenvalue weighted by atomic mass is 28.2. The zero-order valence-corrected chi connectivity index (χ0v) is 5.82. The van der Waals surface area contributed by atoms with Crippen LogP contribution < -0.4 is 0 Å². The van der Waals surface area contributed by atoms with E-state index in [9.17, 15) is 0 Å². The molecule has 2 radical (unpaired) electrons. The molecule has 0 aliphatic rings. The van der Waals surface area contributed by atoms with Crippen molar-refractivity contribution in [2.75, 3.05) is 0 Å². The maximum atomic E-state index is 5.02. The van der Waals surface area contributed by atoms with Crippen LogP contribution in [0.5, 0.6) is 0 Å². The Morgan fingerprint density at radius 2 is 2.43 bits per heavy atom. The Morgan fingerprint density at radius 1 is 1.86 bits per heavy atom. The molecule has 0 aliphatic heterocycles. The monoisotopic (exact) mass is 114 g/mol. The van der Waals surface area contributed by atoms with E-state index in [-0.39, 0.29) is 0 Å². The second kappa shape index (κ2) is 3.93. The topological polar surface area (TPSA) is 9.23 Å². The van der Waals surface area contributed by atoms with Gasteiger partial charge in [-0.15, -0.1) is 0 Å². The summed E-state index contributed by atoms with van der Waals surface area (Å²) in [7, 11) is 0.596. The molecule has 0 unspecified atom stereocenters. The van der Waals surface area contributed by atoms with Gasteiger partial charge in [-0.2, -0.15) is 0 Å². The average molecular weight is 114 g/mol. The van der Waals surface area contributed by atoms with E-state index in [0.29, 0.717) is 9.76 Å². The fraction of sp³-hybridized carbons (Fsp3) is 0.600. The molecule has 0 bridgehead atoms. The molecule has 40 valence electrons. The molecular formula is C5H10OSi. The minimum Gasteiger partial charge on any atom is -0.545 e. The van der Waals surface area contributed by atoms with Crippen molar-refractivity contribution in [2.24, 2.45) is 0 Å². The summed E-state index contributed by atoms with van der Waals surface area (Å²) < 4.78 is 5.02. The third-order valence-electron chi connectivity index (χ3n) is 0.391. The van der Waals surface area contributed by atoms with Crippen molar-refractivity contribution >= 4 is 9.76 Å². The van der Waals surface area contributed by atoms with Crippen LogP contribution in [0.2, 0.25) is 6.04 Å². The van der Waals surface area contributed by atoms with Gasteiger partial charge in [-0.1, -0.05) is 13.5 Å². The van der Waals surface area contributed by atoms with Gasteiger partial charge in [0.05, 0.1) is 5.76 Å². The predicted octanol–water partition coefficient (Wildman–Crippen LogP) is 1.59. The van der Waals surface area contributed by atoms with Crippen LogP contribution in [0.15, 0.2) is 12.3 Å². The lowest BCUT2D eigenvalue weighted by molar-refractivity contribution is 0.458. The summed E-state index contributed by atoms with van der Waals surface area (Å²) in [5, 5.41) is 0. The molecule has 0 saturated heterocycles. The van der Waals surface area contributed by atoms with Crippen molar-refractivity contribution in [3.8, 4) is 0 Å². The highest BCUT2D eigenvalue weighted by Gasteiger charge is 1.83. The third-order valence-corrected chi connectivity index (χ3v) is 1.17. The first-order chi connectivity index (χ1) is 3.27. The Hall–Kier alpha value is -0.243. The molecule has 0 aromatic heterocycles. The lowest BCUT2D eigenvalue weighted by Gasteiger charge is -1.97. The predicted molar refractivity (Wildman–Crippen MR) is 32.1 cm³/mol. The molecule has 0 fully saturated rings. The quantitative estimate of drug-likeness (QED) is 0.400. The van der Waals surface area contributed by atoms with Gasteiger partial charge in [-0.05, 0) is 13.0 Å².